The van der Waals surface area contributed by atoms with Crippen molar-refractivity contribution in [3.8, 4) is 0 Å². The fraction of sp³-hybridized carbons (Fsp3) is 1.00. The van der Waals surface area contributed by atoms with Crippen LogP contribution in [0.2, 0.25) is 0 Å². The average Bonchev–Trinajstić information content (AvgIpc) is 2.63. The molecule has 66 valence electrons. The molecule has 0 spiro atoms. The minimum Gasteiger partial charge on any atom is -0.375 e. The molecule has 0 bridgehead atoms. The summed E-state index contributed by atoms with van der Waals surface area (Å²) in [4.78, 5) is 0. The summed E-state index contributed by atoms with van der Waals surface area (Å²) in [5.41, 5.74) is 0.623. The van der Waals surface area contributed by atoms with Crippen molar-refractivity contribution in [2.75, 3.05) is 6.61 Å². The normalized spacial score (nSPS) is 21.8. The fourth-order valence-electron chi connectivity index (χ4n) is 1.15. The van der Waals surface area contributed by atoms with Gasteiger partial charge in [0.25, 0.3) is 0 Å². The third-order valence-electron chi connectivity index (χ3n) is 2.52. The highest BCUT2D eigenvalue weighted by molar-refractivity contribution is 4.92. The molecule has 0 aromatic carbocycles. The van der Waals surface area contributed by atoms with Crippen molar-refractivity contribution in [1.29, 1.82) is 0 Å². The molecule has 1 heteroatoms. The summed E-state index contributed by atoms with van der Waals surface area (Å²) >= 11 is 0. The summed E-state index contributed by atoms with van der Waals surface area (Å²) in [6, 6.07) is 0. The van der Waals surface area contributed by atoms with Gasteiger partial charge in [-0.2, -0.15) is 0 Å². The Bertz CT molecular complexity index is 128. The van der Waals surface area contributed by atoms with Crippen LogP contribution >= 0.6 is 0 Å². The lowest BCUT2D eigenvalue weighted by molar-refractivity contribution is -0.0285. The topological polar surface area (TPSA) is 9.23 Å². The Balaban J connectivity index is 2.22. The highest BCUT2D eigenvalue weighted by Gasteiger charge is 2.41. The van der Waals surface area contributed by atoms with Crippen molar-refractivity contribution < 1.29 is 4.74 Å². The molecule has 1 aliphatic rings. The minimum atomic E-state index is 0.0464. The molecule has 0 amide bonds. The highest BCUT2D eigenvalue weighted by atomic mass is 16.5. The van der Waals surface area contributed by atoms with Crippen molar-refractivity contribution in [3.63, 3.8) is 0 Å². The molecule has 0 aromatic heterocycles. The second-order valence-electron chi connectivity index (χ2n) is 4.75. The van der Waals surface area contributed by atoms with Gasteiger partial charge >= 0.3 is 0 Å². The zero-order valence-electron chi connectivity index (χ0n) is 8.24. The van der Waals surface area contributed by atoms with Crippen molar-refractivity contribution >= 4 is 0 Å². The van der Waals surface area contributed by atoms with Crippen LogP contribution in [-0.2, 0) is 4.74 Å². The molecule has 11 heavy (non-hydrogen) atoms. The molecular weight excluding hydrogens is 136 g/mol. The van der Waals surface area contributed by atoms with Crippen LogP contribution in [0.4, 0.5) is 0 Å². The predicted octanol–water partition coefficient (Wildman–Crippen LogP) is 2.99. The van der Waals surface area contributed by atoms with Gasteiger partial charge < -0.3 is 4.74 Å². The lowest BCUT2D eigenvalue weighted by atomic mass is 10.1. The van der Waals surface area contributed by atoms with Crippen LogP contribution < -0.4 is 0 Å². The van der Waals surface area contributed by atoms with E-state index in [9.17, 15) is 0 Å². The maximum absolute atomic E-state index is 5.75. The van der Waals surface area contributed by atoms with Gasteiger partial charge in [-0.25, -0.2) is 0 Å². The molecule has 1 rings (SSSR count). The second-order valence-corrected chi connectivity index (χ2v) is 4.75. The lowest BCUT2D eigenvalue weighted by Crippen LogP contribution is -2.23. The summed E-state index contributed by atoms with van der Waals surface area (Å²) in [7, 11) is 0. The smallest absolute Gasteiger partial charge is 0.0598 e. The van der Waals surface area contributed by atoms with Crippen LogP contribution in [0.15, 0.2) is 0 Å². The fourth-order valence-corrected chi connectivity index (χ4v) is 1.15. The van der Waals surface area contributed by atoms with Crippen molar-refractivity contribution in [1.82, 2.24) is 0 Å². The van der Waals surface area contributed by atoms with Gasteiger partial charge in [0.15, 0.2) is 0 Å². The largest absolute Gasteiger partial charge is 0.375 e. The van der Waals surface area contributed by atoms with Crippen molar-refractivity contribution in [2.24, 2.45) is 5.41 Å². The summed E-state index contributed by atoms with van der Waals surface area (Å²) < 4.78 is 5.75. The van der Waals surface area contributed by atoms with Gasteiger partial charge in [0.1, 0.15) is 0 Å². The quantitative estimate of drug-likeness (QED) is 0.610. The molecule has 0 atom stereocenters. The molecule has 0 aliphatic heterocycles. The third-order valence-corrected chi connectivity index (χ3v) is 2.52. The Kier molecular flexibility index (Phi) is 2.29. The van der Waals surface area contributed by atoms with E-state index in [2.05, 4.69) is 27.7 Å². The molecule has 1 fully saturated rings. The lowest BCUT2D eigenvalue weighted by Gasteiger charge is -2.23. The summed E-state index contributed by atoms with van der Waals surface area (Å²) in [5, 5.41) is 0. The monoisotopic (exact) mass is 156 g/mol. The van der Waals surface area contributed by atoms with Crippen LogP contribution in [0.3, 0.4) is 0 Å². The average molecular weight is 156 g/mol. The zero-order valence-corrected chi connectivity index (χ0v) is 8.24. The molecule has 0 heterocycles. The second kappa shape index (κ2) is 2.78. The van der Waals surface area contributed by atoms with Crippen LogP contribution in [0.25, 0.3) is 0 Å². The van der Waals surface area contributed by atoms with Crippen molar-refractivity contribution in [2.45, 2.75) is 52.6 Å². The Morgan fingerprint density at radius 3 is 2.09 bits per heavy atom. The van der Waals surface area contributed by atoms with Gasteiger partial charge in [0, 0.05) is 0 Å². The summed E-state index contributed by atoms with van der Waals surface area (Å²) in [6.45, 7) is 9.60. The number of hydrogen-bond donors (Lipinski definition) is 0. The number of hydrogen-bond acceptors (Lipinski definition) is 1. The van der Waals surface area contributed by atoms with Gasteiger partial charge in [-0.3, -0.25) is 0 Å². The van der Waals surface area contributed by atoms with E-state index in [-0.39, 0.29) is 5.60 Å². The molecular formula is C10H20O. The van der Waals surface area contributed by atoms with E-state index in [0.29, 0.717) is 5.41 Å². The Labute approximate surface area is 70.1 Å². The Hall–Kier alpha value is -0.0400. The standard InChI is InChI=1S/C10H20O/c1-5-10(6-7-10)8-11-9(2,3)4/h5-8H2,1-4H3. The van der Waals surface area contributed by atoms with Crippen molar-refractivity contribution in [3.05, 3.63) is 0 Å². The minimum absolute atomic E-state index is 0.0464. The highest BCUT2D eigenvalue weighted by Crippen LogP contribution is 2.49. The molecule has 0 radical (unpaired) electrons. The summed E-state index contributed by atoms with van der Waals surface area (Å²) in [6.07, 6.45) is 4.03. The molecule has 0 aromatic rings. The Morgan fingerprint density at radius 2 is 1.82 bits per heavy atom. The van der Waals surface area contributed by atoms with Crippen LogP contribution in [0.1, 0.15) is 47.0 Å². The van der Waals surface area contributed by atoms with Crippen LogP contribution in [0, 0.1) is 5.41 Å². The molecule has 0 saturated heterocycles. The van der Waals surface area contributed by atoms with E-state index < -0.39 is 0 Å². The first-order chi connectivity index (χ1) is 4.97. The maximum Gasteiger partial charge on any atom is 0.0598 e. The van der Waals surface area contributed by atoms with E-state index in [1.54, 1.807) is 0 Å². The SMILES string of the molecule is CCC1(COC(C)(C)C)CC1. The molecule has 1 aliphatic carbocycles. The molecule has 0 N–H and O–H groups in total. The van der Waals surface area contributed by atoms with Gasteiger partial charge in [-0.15, -0.1) is 0 Å². The van der Waals surface area contributed by atoms with Gasteiger partial charge in [-0.05, 0) is 45.4 Å². The van der Waals surface area contributed by atoms with E-state index in [4.69, 9.17) is 4.74 Å². The predicted molar refractivity (Wildman–Crippen MR) is 47.7 cm³/mol. The van der Waals surface area contributed by atoms with Crippen LogP contribution in [-0.4, -0.2) is 12.2 Å². The van der Waals surface area contributed by atoms with E-state index in [1.807, 2.05) is 0 Å². The first kappa shape index (κ1) is 9.05. The zero-order chi connectivity index (χ0) is 8.54. The maximum atomic E-state index is 5.75. The number of ether oxygens (including phenoxy) is 1. The molecule has 0 unspecified atom stereocenters. The van der Waals surface area contributed by atoms with E-state index >= 15 is 0 Å². The van der Waals surface area contributed by atoms with E-state index in [1.165, 1.54) is 19.3 Å². The van der Waals surface area contributed by atoms with E-state index in [0.717, 1.165) is 6.61 Å². The molecule has 1 nitrogen and oxygen atoms in total. The first-order valence-corrected chi connectivity index (χ1v) is 4.61. The molecule has 1 saturated carbocycles. The van der Waals surface area contributed by atoms with Gasteiger partial charge in [0.05, 0.1) is 12.2 Å². The first-order valence-electron chi connectivity index (χ1n) is 4.61. The van der Waals surface area contributed by atoms with Gasteiger partial charge in [0.2, 0.25) is 0 Å². The Morgan fingerprint density at radius 1 is 1.27 bits per heavy atom. The number of rotatable bonds is 3. The van der Waals surface area contributed by atoms with Gasteiger partial charge in [-0.1, -0.05) is 6.92 Å². The van der Waals surface area contributed by atoms with Crippen LogP contribution in [0.5, 0.6) is 0 Å². The third kappa shape index (κ3) is 2.82. The summed E-state index contributed by atoms with van der Waals surface area (Å²) in [5.74, 6) is 0.